The molecule has 0 radical (unpaired) electrons. The summed E-state index contributed by atoms with van der Waals surface area (Å²) in [4.78, 5) is 24.8. The second kappa shape index (κ2) is 18.7. The fraction of sp³-hybridized carbons (Fsp3) is 0.423. The van der Waals surface area contributed by atoms with E-state index in [1.807, 2.05) is 19.3 Å². The quantitative estimate of drug-likeness (QED) is 0.269. The first kappa shape index (κ1) is 29.0. The number of aliphatic hydroxyl groups excluding tert-OH is 1. The SMILES string of the molecule is C#C.C/C(=C\N=CC/C(C1=CCC=CC=C1)=C1/CCCN(C)CC1)CCO.O=CC(=O)O. The second-order valence-corrected chi connectivity index (χ2v) is 7.36. The van der Waals surface area contributed by atoms with E-state index in [0.29, 0.717) is 6.42 Å². The average Bonchev–Trinajstić information content (AvgIpc) is 3.19. The van der Waals surface area contributed by atoms with Crippen LogP contribution in [0.2, 0.25) is 0 Å². The number of hydrogen-bond acceptors (Lipinski definition) is 5. The predicted molar refractivity (Wildman–Crippen MR) is 132 cm³/mol. The van der Waals surface area contributed by atoms with E-state index in [4.69, 9.17) is 19.8 Å². The molecule has 0 atom stereocenters. The van der Waals surface area contributed by atoms with E-state index in [1.54, 1.807) is 5.57 Å². The van der Waals surface area contributed by atoms with Crippen LogP contribution in [0.4, 0.5) is 0 Å². The summed E-state index contributed by atoms with van der Waals surface area (Å²) < 4.78 is 0. The van der Waals surface area contributed by atoms with Gasteiger partial charge in [-0.2, -0.15) is 0 Å². The van der Waals surface area contributed by atoms with Crippen molar-refractivity contribution in [2.24, 2.45) is 4.99 Å². The molecule has 2 aliphatic rings. The number of terminal acetylenes is 1. The molecule has 0 saturated carbocycles. The highest BCUT2D eigenvalue weighted by molar-refractivity contribution is 6.19. The summed E-state index contributed by atoms with van der Waals surface area (Å²) >= 11 is 0. The molecule has 1 fully saturated rings. The Labute approximate surface area is 192 Å². The lowest BCUT2D eigenvalue weighted by molar-refractivity contribution is -0.143. The van der Waals surface area contributed by atoms with Crippen molar-refractivity contribution in [3.63, 3.8) is 0 Å². The Kier molecular flexibility index (Phi) is 17.0. The number of hydrogen-bond donors (Lipinski definition) is 2. The van der Waals surface area contributed by atoms with Gasteiger partial charge in [0.05, 0.1) is 0 Å². The highest BCUT2D eigenvalue weighted by Gasteiger charge is 2.14. The number of carboxylic acid groups (broad SMARTS) is 1. The second-order valence-electron chi connectivity index (χ2n) is 7.36. The van der Waals surface area contributed by atoms with Gasteiger partial charge in [0, 0.05) is 32.0 Å². The minimum atomic E-state index is -1.43. The maximum atomic E-state index is 9.00. The van der Waals surface area contributed by atoms with Crippen molar-refractivity contribution in [2.45, 2.75) is 45.4 Å². The maximum Gasteiger partial charge on any atom is 0.368 e. The number of nitrogens with zero attached hydrogens (tertiary/aromatic N) is 2. The molecule has 1 heterocycles. The summed E-state index contributed by atoms with van der Waals surface area (Å²) in [6.45, 7) is 4.52. The van der Waals surface area contributed by atoms with Gasteiger partial charge >= 0.3 is 5.97 Å². The van der Waals surface area contributed by atoms with Gasteiger partial charge in [0.15, 0.2) is 0 Å². The molecule has 2 rings (SSSR count). The van der Waals surface area contributed by atoms with Crippen molar-refractivity contribution in [3.05, 3.63) is 58.9 Å². The van der Waals surface area contributed by atoms with Crippen molar-refractivity contribution >= 4 is 18.5 Å². The first-order valence-corrected chi connectivity index (χ1v) is 10.7. The third kappa shape index (κ3) is 13.3. The minimum absolute atomic E-state index is 0.167. The summed E-state index contributed by atoms with van der Waals surface area (Å²) in [6, 6.07) is 0. The minimum Gasteiger partial charge on any atom is -0.476 e. The van der Waals surface area contributed by atoms with Crippen LogP contribution in [0.15, 0.2) is 63.9 Å². The van der Waals surface area contributed by atoms with E-state index in [1.165, 1.54) is 30.5 Å². The van der Waals surface area contributed by atoms with Gasteiger partial charge < -0.3 is 15.1 Å². The normalized spacial score (nSPS) is 18.3. The number of aliphatic hydroxyl groups is 1. The number of aldehydes is 1. The molecule has 32 heavy (non-hydrogen) atoms. The number of aliphatic carboxylic acids is 1. The van der Waals surface area contributed by atoms with Gasteiger partial charge in [-0.25, -0.2) is 4.79 Å². The molecule has 0 aromatic heterocycles. The van der Waals surface area contributed by atoms with E-state index >= 15 is 0 Å². The summed E-state index contributed by atoms with van der Waals surface area (Å²) in [7, 11) is 2.22. The van der Waals surface area contributed by atoms with Crippen LogP contribution in [-0.4, -0.2) is 60.3 Å². The zero-order chi connectivity index (χ0) is 24.2. The zero-order valence-electron chi connectivity index (χ0n) is 19.2. The zero-order valence-corrected chi connectivity index (χ0v) is 19.2. The third-order valence-electron chi connectivity index (χ3n) is 4.89. The van der Waals surface area contributed by atoms with E-state index in [9.17, 15) is 0 Å². The molecule has 1 aliphatic carbocycles. The van der Waals surface area contributed by atoms with E-state index in [2.05, 4.69) is 60.2 Å². The molecule has 2 N–H and O–H groups in total. The molecular weight excluding hydrogens is 404 g/mol. The lowest BCUT2D eigenvalue weighted by atomic mass is 9.92. The highest BCUT2D eigenvalue weighted by atomic mass is 16.4. The number of carbonyl (C=O) groups is 2. The monoisotopic (exact) mass is 440 g/mol. The van der Waals surface area contributed by atoms with Crippen molar-refractivity contribution in [3.8, 4) is 12.8 Å². The van der Waals surface area contributed by atoms with Crippen molar-refractivity contribution in [2.75, 3.05) is 26.7 Å². The summed E-state index contributed by atoms with van der Waals surface area (Å²) in [5, 5.41) is 16.3. The Balaban J connectivity index is 0.00000121. The lowest BCUT2D eigenvalue weighted by Crippen LogP contribution is -2.18. The number of carbonyl (C=O) groups excluding carboxylic acids is 1. The van der Waals surface area contributed by atoms with Gasteiger partial charge in [-0.15, -0.1) is 12.8 Å². The van der Waals surface area contributed by atoms with Crippen LogP contribution < -0.4 is 0 Å². The largest absolute Gasteiger partial charge is 0.476 e. The van der Waals surface area contributed by atoms with Crippen LogP contribution in [0.5, 0.6) is 0 Å². The van der Waals surface area contributed by atoms with Crippen LogP contribution in [0.25, 0.3) is 0 Å². The molecule has 0 unspecified atom stereocenters. The van der Waals surface area contributed by atoms with Gasteiger partial charge in [0.25, 0.3) is 0 Å². The molecule has 0 aromatic rings. The number of aliphatic imine (C=N–C) groups is 1. The molecule has 0 aromatic carbocycles. The number of allylic oxidation sites excluding steroid dienone is 7. The van der Waals surface area contributed by atoms with Crippen LogP contribution >= 0.6 is 0 Å². The molecule has 174 valence electrons. The highest BCUT2D eigenvalue weighted by Crippen LogP contribution is 2.28. The maximum absolute atomic E-state index is 9.00. The van der Waals surface area contributed by atoms with Gasteiger partial charge in [0.1, 0.15) is 0 Å². The number of rotatable bonds is 7. The van der Waals surface area contributed by atoms with Crippen molar-refractivity contribution in [1.29, 1.82) is 0 Å². The Bertz CT molecular complexity index is 783. The van der Waals surface area contributed by atoms with Gasteiger partial charge in [0.2, 0.25) is 6.29 Å². The summed E-state index contributed by atoms with van der Waals surface area (Å²) in [5.74, 6) is -1.43. The van der Waals surface area contributed by atoms with Gasteiger partial charge in [-0.3, -0.25) is 9.79 Å². The molecular formula is C26H36N2O4. The smallest absolute Gasteiger partial charge is 0.368 e. The lowest BCUT2D eigenvalue weighted by Gasteiger charge is -2.14. The Morgan fingerprint density at radius 1 is 1.25 bits per heavy atom. The third-order valence-corrected chi connectivity index (χ3v) is 4.89. The Hall–Kier alpha value is -3.01. The van der Waals surface area contributed by atoms with Crippen LogP contribution in [0.1, 0.15) is 45.4 Å². The van der Waals surface area contributed by atoms with E-state index < -0.39 is 5.97 Å². The fourth-order valence-electron chi connectivity index (χ4n) is 3.26. The van der Waals surface area contributed by atoms with Crippen molar-refractivity contribution < 1.29 is 19.8 Å². The van der Waals surface area contributed by atoms with Gasteiger partial charge in [-0.1, -0.05) is 41.5 Å². The molecule has 1 saturated heterocycles. The molecule has 6 heteroatoms. The molecule has 0 bridgehead atoms. The molecule has 6 nitrogen and oxygen atoms in total. The predicted octanol–water partition coefficient (Wildman–Crippen LogP) is 4.11. The topological polar surface area (TPSA) is 90.2 Å². The van der Waals surface area contributed by atoms with E-state index in [0.717, 1.165) is 31.4 Å². The van der Waals surface area contributed by atoms with Crippen LogP contribution in [0, 0.1) is 12.8 Å². The standard InChI is InChI=1S/C22H32N2O.C2H2O3.C2H2/c1-19(13-17-25)18-23-14-11-22(20-8-5-3-4-6-9-20)21-10-7-15-24(2)16-12-21;3-1-2(4)5;1-2/h3-5,8-9,14,18,25H,6-7,10-13,15-17H2,1-2H3;1H,(H,4,5);1-2H/b19-18+,22-21+,23-14?;;. The summed E-state index contributed by atoms with van der Waals surface area (Å²) in [6.07, 6.45) is 28.9. The molecule has 1 aliphatic heterocycles. The number of likely N-dealkylation sites (tertiary alicyclic amines) is 1. The summed E-state index contributed by atoms with van der Waals surface area (Å²) in [5.41, 5.74) is 5.51. The van der Waals surface area contributed by atoms with E-state index in [-0.39, 0.29) is 12.9 Å². The van der Waals surface area contributed by atoms with Crippen LogP contribution in [-0.2, 0) is 9.59 Å². The Morgan fingerprint density at radius 2 is 1.97 bits per heavy atom. The first-order valence-electron chi connectivity index (χ1n) is 10.7. The number of carboxylic acids is 1. The fourth-order valence-corrected chi connectivity index (χ4v) is 3.26. The Morgan fingerprint density at radius 3 is 2.62 bits per heavy atom. The first-order chi connectivity index (χ1) is 15.5. The van der Waals surface area contributed by atoms with Gasteiger partial charge in [-0.05, 0) is 63.8 Å². The molecule has 0 amide bonds. The average molecular weight is 441 g/mol. The van der Waals surface area contributed by atoms with Crippen molar-refractivity contribution in [1.82, 2.24) is 4.90 Å². The molecule has 0 spiro atoms. The van der Waals surface area contributed by atoms with Crippen LogP contribution in [0.3, 0.4) is 0 Å².